The average molecular weight is 445 g/mol. The fourth-order valence-corrected chi connectivity index (χ4v) is 3.89. The monoisotopic (exact) mass is 444 g/mol. The molecule has 0 spiro atoms. The number of rotatable bonds is 6. The predicted octanol–water partition coefficient (Wildman–Crippen LogP) is 4.50. The summed E-state index contributed by atoms with van der Waals surface area (Å²) in [7, 11) is -3.60. The second-order valence-corrected chi connectivity index (χ2v) is 8.80. The van der Waals surface area contributed by atoms with Crippen molar-refractivity contribution < 1.29 is 26.3 Å². The summed E-state index contributed by atoms with van der Waals surface area (Å²) in [6.45, 7) is 1.31. The van der Waals surface area contributed by atoms with Gasteiger partial charge in [0.05, 0.1) is 17.3 Å². The van der Waals surface area contributed by atoms with E-state index in [4.69, 9.17) is 16.3 Å². The summed E-state index contributed by atoms with van der Waals surface area (Å²) < 4.78 is 70.0. The molecule has 154 valence electrons. The summed E-state index contributed by atoms with van der Waals surface area (Å²) in [5.74, 6) is -2.05. The van der Waals surface area contributed by atoms with E-state index in [-0.39, 0.29) is 28.0 Å². The van der Waals surface area contributed by atoms with Gasteiger partial charge in [0.25, 0.3) is 0 Å². The first-order valence-corrected chi connectivity index (χ1v) is 10.6. The third-order valence-corrected chi connectivity index (χ3v) is 5.43. The number of aromatic nitrogens is 2. The van der Waals surface area contributed by atoms with Gasteiger partial charge in [-0.1, -0.05) is 17.7 Å². The molecule has 3 aromatic rings. The lowest BCUT2D eigenvalue weighted by atomic mass is 10.1. The SMILES string of the molecule is Cc1[nH]c([C@@H](OCc2cc(F)cc(F)c2)c2ccc(F)c(Cl)c2)nc1S(C)(=O)=O. The molecule has 3 rings (SSSR count). The first-order chi connectivity index (χ1) is 13.5. The van der Waals surface area contributed by atoms with Crippen LogP contribution >= 0.6 is 11.6 Å². The number of aromatic amines is 1. The summed E-state index contributed by atoms with van der Waals surface area (Å²) in [4.78, 5) is 6.95. The van der Waals surface area contributed by atoms with Gasteiger partial charge in [-0.2, -0.15) is 0 Å². The van der Waals surface area contributed by atoms with Gasteiger partial charge < -0.3 is 9.72 Å². The van der Waals surface area contributed by atoms with Gasteiger partial charge in [-0.15, -0.1) is 0 Å². The zero-order chi connectivity index (χ0) is 21.3. The molecule has 0 unspecified atom stereocenters. The molecule has 0 saturated carbocycles. The van der Waals surface area contributed by atoms with Gasteiger partial charge >= 0.3 is 0 Å². The van der Waals surface area contributed by atoms with E-state index in [2.05, 4.69) is 9.97 Å². The van der Waals surface area contributed by atoms with E-state index in [1.165, 1.54) is 19.1 Å². The average Bonchev–Trinajstić information content (AvgIpc) is 2.99. The molecule has 0 fully saturated rings. The summed E-state index contributed by atoms with van der Waals surface area (Å²) >= 11 is 5.86. The maximum Gasteiger partial charge on any atom is 0.194 e. The van der Waals surface area contributed by atoms with Crippen molar-refractivity contribution >= 4 is 21.4 Å². The van der Waals surface area contributed by atoms with Crippen LogP contribution in [0.25, 0.3) is 0 Å². The van der Waals surface area contributed by atoms with Crippen LogP contribution in [0.2, 0.25) is 5.02 Å². The van der Waals surface area contributed by atoms with Crippen molar-refractivity contribution in [1.29, 1.82) is 0 Å². The number of nitrogens with zero attached hydrogens (tertiary/aromatic N) is 1. The quantitative estimate of drug-likeness (QED) is 0.607. The lowest BCUT2D eigenvalue weighted by molar-refractivity contribution is 0.0610. The standard InChI is InChI=1S/C19H16ClF3N2O3S/c1-10-19(29(2,26)27)25-18(24-10)17(12-3-4-16(23)15(20)7-12)28-9-11-5-13(21)8-14(22)6-11/h3-8,17H,9H2,1-2H3,(H,24,25)/t17-/m0/s1. The third kappa shape index (κ3) is 4.98. The minimum atomic E-state index is -3.60. The highest BCUT2D eigenvalue weighted by Gasteiger charge is 2.24. The molecule has 0 bridgehead atoms. The second kappa shape index (κ2) is 8.17. The van der Waals surface area contributed by atoms with Gasteiger partial charge in [0.1, 0.15) is 29.4 Å². The van der Waals surface area contributed by atoms with Gasteiger partial charge in [0.15, 0.2) is 14.9 Å². The first-order valence-electron chi connectivity index (χ1n) is 8.32. The maximum atomic E-state index is 13.6. The minimum absolute atomic E-state index is 0.127. The lowest BCUT2D eigenvalue weighted by Crippen LogP contribution is -2.09. The molecule has 10 heteroatoms. The smallest absolute Gasteiger partial charge is 0.194 e. The van der Waals surface area contributed by atoms with Crippen molar-refractivity contribution in [2.75, 3.05) is 6.26 Å². The number of sulfone groups is 1. The number of halogens is 4. The molecular formula is C19H16ClF3N2O3S. The molecule has 5 nitrogen and oxygen atoms in total. The minimum Gasteiger partial charge on any atom is -0.361 e. The number of H-pyrrole nitrogens is 1. The summed E-state index contributed by atoms with van der Waals surface area (Å²) in [5, 5.41) is -0.328. The number of nitrogens with one attached hydrogen (secondary N) is 1. The zero-order valence-electron chi connectivity index (χ0n) is 15.3. The molecule has 0 aliphatic carbocycles. The number of hydrogen-bond donors (Lipinski definition) is 1. The summed E-state index contributed by atoms with van der Waals surface area (Å²) in [6.07, 6.45) is 0.0220. The molecule has 2 aromatic carbocycles. The van der Waals surface area contributed by atoms with Crippen molar-refractivity contribution in [1.82, 2.24) is 9.97 Å². The molecular weight excluding hydrogens is 429 g/mol. The zero-order valence-corrected chi connectivity index (χ0v) is 16.9. The predicted molar refractivity (Wildman–Crippen MR) is 101 cm³/mol. The Morgan fingerprint density at radius 1 is 1.14 bits per heavy atom. The van der Waals surface area contributed by atoms with Crippen LogP contribution < -0.4 is 0 Å². The molecule has 0 radical (unpaired) electrons. The van der Waals surface area contributed by atoms with E-state index >= 15 is 0 Å². The van der Waals surface area contributed by atoms with Crippen molar-refractivity contribution in [3.05, 3.63) is 81.5 Å². The van der Waals surface area contributed by atoms with Crippen LogP contribution in [0.3, 0.4) is 0 Å². The van der Waals surface area contributed by atoms with Crippen LogP contribution in [-0.2, 0) is 21.2 Å². The van der Waals surface area contributed by atoms with E-state index in [1.54, 1.807) is 0 Å². The van der Waals surface area contributed by atoms with Crippen LogP contribution in [0.1, 0.15) is 28.7 Å². The molecule has 1 aromatic heterocycles. The Labute approximate surface area is 170 Å². The topological polar surface area (TPSA) is 72.0 Å². The number of aryl methyl sites for hydroxylation is 1. The Balaban J connectivity index is 2.01. The highest BCUT2D eigenvalue weighted by molar-refractivity contribution is 7.90. The van der Waals surface area contributed by atoms with Gasteiger partial charge in [-0.25, -0.2) is 26.6 Å². The number of hydrogen-bond acceptors (Lipinski definition) is 4. The fourth-order valence-electron chi connectivity index (χ4n) is 2.83. The van der Waals surface area contributed by atoms with Crippen LogP contribution in [-0.4, -0.2) is 24.6 Å². The third-order valence-electron chi connectivity index (χ3n) is 4.04. The van der Waals surface area contributed by atoms with Crippen molar-refractivity contribution in [2.45, 2.75) is 24.7 Å². The molecule has 0 saturated heterocycles. The lowest BCUT2D eigenvalue weighted by Gasteiger charge is -2.17. The molecule has 1 atom stereocenters. The second-order valence-electron chi connectivity index (χ2n) is 6.47. The first kappa shape index (κ1) is 21.4. The number of benzene rings is 2. The molecule has 0 amide bonds. The normalized spacial score (nSPS) is 12.9. The molecule has 1 N–H and O–H groups in total. The van der Waals surface area contributed by atoms with E-state index in [9.17, 15) is 21.6 Å². The Morgan fingerprint density at radius 2 is 1.79 bits per heavy atom. The number of imidazole rings is 1. The number of ether oxygens (including phenoxy) is 1. The summed E-state index contributed by atoms with van der Waals surface area (Å²) in [6, 6.07) is 6.78. The van der Waals surface area contributed by atoms with Crippen LogP contribution in [0.4, 0.5) is 13.2 Å². The maximum absolute atomic E-state index is 13.6. The van der Waals surface area contributed by atoms with Gasteiger partial charge in [-0.3, -0.25) is 0 Å². The van der Waals surface area contributed by atoms with Gasteiger partial charge in [-0.05, 0) is 42.3 Å². The Bertz CT molecular complexity index is 1150. The van der Waals surface area contributed by atoms with Crippen LogP contribution in [0.15, 0.2) is 41.4 Å². The Kier molecular flexibility index (Phi) is 6.02. The van der Waals surface area contributed by atoms with E-state index in [0.717, 1.165) is 30.5 Å². The Hall–Kier alpha value is -2.36. The van der Waals surface area contributed by atoms with Crippen molar-refractivity contribution in [3.63, 3.8) is 0 Å². The Morgan fingerprint density at radius 3 is 2.34 bits per heavy atom. The molecule has 0 aliphatic rings. The van der Waals surface area contributed by atoms with Gasteiger partial charge in [0.2, 0.25) is 0 Å². The van der Waals surface area contributed by atoms with Crippen LogP contribution in [0, 0.1) is 24.4 Å². The van der Waals surface area contributed by atoms with Crippen molar-refractivity contribution in [3.8, 4) is 0 Å². The molecule has 29 heavy (non-hydrogen) atoms. The van der Waals surface area contributed by atoms with Gasteiger partial charge in [0, 0.05) is 12.3 Å². The molecule has 1 heterocycles. The van der Waals surface area contributed by atoms with E-state index in [1.807, 2.05) is 0 Å². The van der Waals surface area contributed by atoms with Crippen molar-refractivity contribution in [2.24, 2.45) is 0 Å². The van der Waals surface area contributed by atoms with Crippen LogP contribution in [0.5, 0.6) is 0 Å². The van der Waals surface area contributed by atoms with E-state index < -0.39 is 33.4 Å². The highest BCUT2D eigenvalue weighted by atomic mass is 35.5. The highest BCUT2D eigenvalue weighted by Crippen LogP contribution is 2.30. The van der Waals surface area contributed by atoms with E-state index in [0.29, 0.717) is 11.3 Å². The fraction of sp³-hybridized carbons (Fsp3) is 0.211. The largest absolute Gasteiger partial charge is 0.361 e. The summed E-state index contributed by atoms with van der Waals surface area (Å²) in [5.41, 5.74) is 0.885. The molecule has 0 aliphatic heterocycles.